The number of benzene rings is 2. The molecule has 0 atom stereocenters. The fourth-order valence-corrected chi connectivity index (χ4v) is 2.16. The van der Waals surface area contributed by atoms with Gasteiger partial charge in [0, 0.05) is 24.6 Å². The van der Waals surface area contributed by atoms with Crippen molar-refractivity contribution in [2.45, 2.75) is 0 Å². The van der Waals surface area contributed by atoms with Crippen molar-refractivity contribution in [1.82, 2.24) is 9.78 Å². The van der Waals surface area contributed by atoms with E-state index in [1.807, 2.05) is 0 Å². The lowest BCUT2D eigenvalue weighted by Crippen LogP contribution is -2.05. The van der Waals surface area contributed by atoms with Gasteiger partial charge in [0.2, 0.25) is 5.82 Å². The summed E-state index contributed by atoms with van der Waals surface area (Å²) >= 11 is 0. The molecule has 0 N–H and O–H groups in total. The first-order valence-corrected chi connectivity index (χ1v) is 6.44. The largest absolute Gasteiger partial charge is 0.464 e. The number of methoxy groups -OCH3 is 1. The van der Waals surface area contributed by atoms with Crippen molar-refractivity contribution in [2.24, 2.45) is 0 Å². The molecule has 2 aromatic carbocycles. The minimum atomic E-state index is -1.07. The Hall–Kier alpha value is -2.41. The van der Waals surface area contributed by atoms with E-state index in [1.54, 1.807) is 24.4 Å². The van der Waals surface area contributed by atoms with E-state index in [4.69, 9.17) is 17.3 Å². The molecule has 0 aliphatic carbocycles. The molecule has 0 saturated heterocycles. The summed E-state index contributed by atoms with van der Waals surface area (Å²) in [5.74, 6) is -2.33. The molecular weight excluding hydrogens is 289 g/mol. The molecule has 0 aliphatic rings. The summed E-state index contributed by atoms with van der Waals surface area (Å²) in [5, 5.41) is 4.98. The maximum absolute atomic E-state index is 13.8. The van der Waals surface area contributed by atoms with Crippen molar-refractivity contribution in [1.29, 1.82) is 0 Å². The Morgan fingerprint density at radius 1 is 1.23 bits per heavy atom. The maximum atomic E-state index is 13.8. The van der Waals surface area contributed by atoms with Gasteiger partial charge in [0.25, 0.3) is 0 Å². The molecule has 0 spiro atoms. The Morgan fingerprint density at radius 3 is 2.82 bits per heavy atom. The van der Waals surface area contributed by atoms with Gasteiger partial charge in [-0.05, 0) is 6.07 Å². The summed E-state index contributed by atoms with van der Waals surface area (Å²) in [4.78, 5) is 0. The number of fused-ring (bicyclic) bond motifs is 1. The van der Waals surface area contributed by atoms with Crippen LogP contribution in [0.15, 0.2) is 36.5 Å². The second-order valence-corrected chi connectivity index (χ2v) is 4.67. The molecule has 22 heavy (non-hydrogen) atoms. The van der Waals surface area contributed by atoms with E-state index in [-0.39, 0.29) is 12.5 Å². The molecule has 3 aromatic rings. The summed E-state index contributed by atoms with van der Waals surface area (Å²) in [6, 6.07) is 7.64. The van der Waals surface area contributed by atoms with Gasteiger partial charge in [-0.2, -0.15) is 9.49 Å². The average Bonchev–Trinajstić information content (AvgIpc) is 2.91. The molecule has 0 amide bonds. The molecule has 3 rings (SSSR count). The molecule has 1 heterocycles. The molecule has 0 unspecified atom stereocenters. The predicted molar refractivity (Wildman–Crippen MR) is 78.9 cm³/mol. The van der Waals surface area contributed by atoms with Crippen LogP contribution >= 0.6 is 0 Å². The van der Waals surface area contributed by atoms with Gasteiger partial charge in [-0.1, -0.05) is 17.6 Å². The predicted octanol–water partition coefficient (Wildman–Crippen LogP) is 2.08. The number of ether oxygens (including phenoxy) is 2. The van der Waals surface area contributed by atoms with Gasteiger partial charge in [-0.25, -0.2) is 9.07 Å². The first-order valence-electron chi connectivity index (χ1n) is 6.44. The van der Waals surface area contributed by atoms with Crippen LogP contribution in [0, 0.1) is 11.6 Å². The van der Waals surface area contributed by atoms with E-state index in [9.17, 15) is 8.78 Å². The van der Waals surface area contributed by atoms with Crippen molar-refractivity contribution in [2.75, 3.05) is 13.9 Å². The summed E-state index contributed by atoms with van der Waals surface area (Å²) in [5.41, 5.74) is 1.66. The third-order valence-corrected chi connectivity index (χ3v) is 3.15. The molecule has 4 nitrogen and oxygen atoms in total. The highest BCUT2D eigenvalue weighted by Gasteiger charge is 2.15. The Kier molecular flexibility index (Phi) is 3.81. The third-order valence-electron chi connectivity index (χ3n) is 3.15. The quantitative estimate of drug-likeness (QED) is 0.547. The van der Waals surface area contributed by atoms with Crippen molar-refractivity contribution >= 4 is 24.2 Å². The Balaban J connectivity index is 2.12. The normalized spacial score (nSPS) is 11.0. The molecule has 110 valence electrons. The van der Waals surface area contributed by atoms with Crippen molar-refractivity contribution in [3.05, 3.63) is 48.2 Å². The molecular formula is C15H11BF2N2O2. The number of hydrogen-bond donors (Lipinski definition) is 0. The van der Waals surface area contributed by atoms with Gasteiger partial charge >= 0.3 is 0 Å². The lowest BCUT2D eigenvalue weighted by molar-refractivity contribution is 0.0478. The van der Waals surface area contributed by atoms with Crippen LogP contribution in [-0.4, -0.2) is 31.5 Å². The zero-order valence-electron chi connectivity index (χ0n) is 11.7. The lowest BCUT2D eigenvalue weighted by Gasteiger charge is -2.10. The van der Waals surface area contributed by atoms with Crippen molar-refractivity contribution in [3.8, 4) is 11.4 Å². The minimum absolute atomic E-state index is 0.184. The monoisotopic (exact) mass is 300 g/mol. The molecule has 0 fully saturated rings. The number of halogens is 2. The maximum Gasteiger partial charge on any atom is 0.200 e. The van der Waals surface area contributed by atoms with Crippen LogP contribution in [0.3, 0.4) is 0 Å². The SMILES string of the molecule is [B]c1ccc2c(cnn2-c2cc(F)c(F)c(OCOC)c2)c1. The van der Waals surface area contributed by atoms with E-state index in [1.165, 1.54) is 17.9 Å². The van der Waals surface area contributed by atoms with E-state index in [0.29, 0.717) is 11.2 Å². The highest BCUT2D eigenvalue weighted by molar-refractivity contribution is 6.33. The highest BCUT2D eigenvalue weighted by atomic mass is 19.2. The molecule has 7 heteroatoms. The third kappa shape index (κ3) is 2.55. The Bertz CT molecular complexity index is 836. The van der Waals surface area contributed by atoms with Crippen LogP contribution in [0.2, 0.25) is 0 Å². The molecule has 0 saturated carbocycles. The summed E-state index contributed by atoms with van der Waals surface area (Å²) < 4.78 is 38.7. The Morgan fingerprint density at radius 2 is 2.05 bits per heavy atom. The van der Waals surface area contributed by atoms with Crippen LogP contribution in [0.5, 0.6) is 5.75 Å². The van der Waals surface area contributed by atoms with Crippen LogP contribution in [0.4, 0.5) is 8.78 Å². The second-order valence-electron chi connectivity index (χ2n) is 4.67. The topological polar surface area (TPSA) is 36.3 Å². The zero-order chi connectivity index (χ0) is 15.7. The standard InChI is InChI=1S/C15H11BF2N2O2/c1-21-8-22-14-6-11(5-12(17)15(14)18)20-13-3-2-10(16)4-9(13)7-19-20/h2-7H,8H2,1H3. The number of hydrogen-bond acceptors (Lipinski definition) is 3. The van der Waals surface area contributed by atoms with Crippen molar-refractivity contribution in [3.63, 3.8) is 0 Å². The first-order chi connectivity index (χ1) is 10.6. The van der Waals surface area contributed by atoms with Crippen LogP contribution in [-0.2, 0) is 4.74 Å². The fraction of sp³-hybridized carbons (Fsp3) is 0.133. The zero-order valence-corrected chi connectivity index (χ0v) is 11.7. The molecule has 1 aromatic heterocycles. The first kappa shape index (κ1) is 14.5. The summed E-state index contributed by atoms with van der Waals surface area (Å²) in [6.07, 6.45) is 1.60. The van der Waals surface area contributed by atoms with Crippen molar-refractivity contribution < 1.29 is 18.3 Å². The molecule has 2 radical (unpaired) electrons. The number of rotatable bonds is 4. The smallest absolute Gasteiger partial charge is 0.200 e. The minimum Gasteiger partial charge on any atom is -0.464 e. The molecule has 0 bridgehead atoms. The highest BCUT2D eigenvalue weighted by Crippen LogP contribution is 2.26. The van der Waals surface area contributed by atoms with Gasteiger partial charge in [-0.15, -0.1) is 0 Å². The van der Waals surface area contributed by atoms with Gasteiger partial charge in [0.05, 0.1) is 17.4 Å². The van der Waals surface area contributed by atoms with Gasteiger partial charge in [0.1, 0.15) is 7.85 Å². The van der Waals surface area contributed by atoms with Crippen LogP contribution in [0.1, 0.15) is 0 Å². The fourth-order valence-electron chi connectivity index (χ4n) is 2.16. The van der Waals surface area contributed by atoms with Gasteiger partial charge < -0.3 is 9.47 Å². The van der Waals surface area contributed by atoms with E-state index in [2.05, 4.69) is 5.10 Å². The van der Waals surface area contributed by atoms with E-state index < -0.39 is 11.6 Å². The van der Waals surface area contributed by atoms with Gasteiger partial charge in [0.15, 0.2) is 18.4 Å². The second kappa shape index (κ2) is 5.77. The van der Waals surface area contributed by atoms with Gasteiger partial charge in [-0.3, -0.25) is 0 Å². The van der Waals surface area contributed by atoms with E-state index >= 15 is 0 Å². The lowest BCUT2D eigenvalue weighted by atomic mass is 9.95. The Labute approximate surface area is 126 Å². The summed E-state index contributed by atoms with van der Waals surface area (Å²) in [6.45, 7) is -0.184. The number of nitrogens with zero attached hydrogens (tertiary/aromatic N) is 2. The average molecular weight is 300 g/mol. The number of aromatic nitrogens is 2. The van der Waals surface area contributed by atoms with Crippen LogP contribution in [0.25, 0.3) is 16.6 Å². The molecule has 0 aliphatic heterocycles. The van der Waals surface area contributed by atoms with Crippen LogP contribution < -0.4 is 10.2 Å². The van der Waals surface area contributed by atoms with E-state index in [0.717, 1.165) is 17.0 Å². The summed E-state index contributed by atoms with van der Waals surface area (Å²) in [7, 11) is 7.11.